The lowest BCUT2D eigenvalue weighted by atomic mass is 9.82. The van der Waals surface area contributed by atoms with E-state index in [1.54, 1.807) is 0 Å². The minimum absolute atomic E-state index is 0.0707. The summed E-state index contributed by atoms with van der Waals surface area (Å²) in [5.41, 5.74) is -9.05. The highest BCUT2D eigenvalue weighted by Gasteiger charge is 2.99. The molecule has 0 saturated carbocycles. The minimum atomic E-state index is -9.50. The molecule has 0 atom stereocenters. The zero-order chi connectivity index (χ0) is 33.9. The molecule has 0 heterocycles. The molecule has 0 aliphatic heterocycles. The van der Waals surface area contributed by atoms with Gasteiger partial charge in [0.15, 0.2) is 0 Å². The van der Waals surface area contributed by atoms with Crippen LogP contribution in [0.5, 0.6) is 0 Å². The summed E-state index contributed by atoms with van der Waals surface area (Å²) in [4.78, 5) is 10.6. The highest BCUT2D eigenvalue weighted by Crippen LogP contribution is 2.67. The fourth-order valence-electron chi connectivity index (χ4n) is 2.44. The van der Waals surface area contributed by atoms with Crippen molar-refractivity contribution in [1.82, 2.24) is 0 Å². The van der Waals surface area contributed by atoms with Crippen LogP contribution >= 0.6 is 0 Å². The van der Waals surface area contributed by atoms with Gasteiger partial charge in [0, 0.05) is 6.08 Å². The van der Waals surface area contributed by atoms with Crippen molar-refractivity contribution in [2.75, 3.05) is 6.61 Å². The molecule has 41 heavy (non-hydrogen) atoms. The van der Waals surface area contributed by atoms with E-state index in [9.17, 15) is 106 Å². The molecule has 244 valence electrons. The number of halogens is 23. The highest BCUT2D eigenvalue weighted by atomic mass is 19.4. The Labute approximate surface area is 209 Å². The maximum absolute atomic E-state index is 13.7. The van der Waals surface area contributed by atoms with Gasteiger partial charge in [0.05, 0.1) is 13.0 Å². The van der Waals surface area contributed by atoms with E-state index in [1.165, 1.54) is 0 Å². The first-order valence-electron chi connectivity index (χ1n) is 9.09. The van der Waals surface area contributed by atoms with Gasteiger partial charge in [0.25, 0.3) is 0 Å². The number of carbonyl (C=O) groups excluding carboxylic acids is 1. The molecule has 25 heteroatoms. The number of ether oxygens (including phenoxy) is 1. The molecule has 0 aliphatic carbocycles. The Morgan fingerprint density at radius 3 is 1.02 bits per heavy atom. The van der Waals surface area contributed by atoms with Crippen LogP contribution in [-0.4, -0.2) is 78.0 Å². The van der Waals surface area contributed by atoms with E-state index in [4.69, 9.17) is 0 Å². The van der Waals surface area contributed by atoms with E-state index < -0.39 is 84.4 Å². The van der Waals surface area contributed by atoms with Crippen LogP contribution in [0.2, 0.25) is 0 Å². The van der Waals surface area contributed by atoms with Crippen LogP contribution in [0.15, 0.2) is 12.7 Å². The molecule has 0 aromatic heterocycles. The minimum Gasteiger partial charge on any atom is -0.462 e. The van der Waals surface area contributed by atoms with Crippen LogP contribution in [-0.2, 0) is 9.53 Å². The van der Waals surface area contributed by atoms with E-state index in [-0.39, 0.29) is 6.08 Å². The summed E-state index contributed by atoms with van der Waals surface area (Å²) >= 11 is 0. The smallest absolute Gasteiger partial charge is 0.438 e. The normalized spacial score (nSPS) is 16.1. The molecular formula is C16H7F23O2. The fourth-order valence-corrected chi connectivity index (χ4v) is 2.44. The number of carbonyl (C=O) groups is 1. The summed E-state index contributed by atoms with van der Waals surface area (Å²) in [6.45, 7) is 0.369. The molecule has 2 nitrogen and oxygen atoms in total. The summed E-state index contributed by atoms with van der Waals surface area (Å²) in [6.07, 6.45) is -20.1. The molecular weight excluding hydrogens is 661 g/mol. The van der Waals surface area contributed by atoms with Gasteiger partial charge < -0.3 is 4.74 Å². The molecule has 0 unspecified atom stereocenters. The van der Waals surface area contributed by atoms with Gasteiger partial charge in [0.2, 0.25) is 0 Å². The lowest BCUT2D eigenvalue weighted by Gasteiger charge is -2.46. The fraction of sp³-hybridized carbons (Fsp3) is 0.812. The second kappa shape index (κ2) is 10.1. The third kappa shape index (κ3) is 5.11. The number of alkyl halides is 23. The first-order valence-corrected chi connectivity index (χ1v) is 9.09. The molecule has 0 bridgehead atoms. The van der Waals surface area contributed by atoms with Crippen molar-refractivity contribution in [3.63, 3.8) is 0 Å². The predicted molar refractivity (Wildman–Crippen MR) is 81.3 cm³/mol. The van der Waals surface area contributed by atoms with Crippen molar-refractivity contribution in [3.05, 3.63) is 12.7 Å². The van der Waals surface area contributed by atoms with Crippen molar-refractivity contribution >= 4 is 5.97 Å². The Morgan fingerprint density at radius 2 is 0.756 bits per heavy atom. The van der Waals surface area contributed by atoms with Gasteiger partial charge in [-0.1, -0.05) is 6.58 Å². The summed E-state index contributed by atoms with van der Waals surface area (Å²) in [6, 6.07) is 0. The first-order chi connectivity index (χ1) is 17.5. The Balaban J connectivity index is 7.12. The summed E-state index contributed by atoms with van der Waals surface area (Å²) in [7, 11) is 0. The second-order valence-electron chi connectivity index (χ2n) is 7.50. The molecule has 0 aromatic carbocycles. The molecule has 0 aliphatic rings. The second-order valence-corrected chi connectivity index (χ2v) is 7.50. The lowest BCUT2D eigenvalue weighted by Crippen LogP contribution is -2.79. The number of rotatable bonds is 12. The average molecular weight is 668 g/mol. The van der Waals surface area contributed by atoms with Gasteiger partial charge in [-0.05, 0) is 0 Å². The predicted octanol–water partition coefficient (Wildman–Crippen LogP) is 8.02. The third-order valence-electron chi connectivity index (χ3n) is 4.87. The van der Waals surface area contributed by atoms with Crippen molar-refractivity contribution in [2.45, 2.75) is 71.8 Å². The van der Waals surface area contributed by atoms with Crippen molar-refractivity contribution in [2.24, 2.45) is 0 Å². The Hall–Kier alpha value is -2.40. The maximum atomic E-state index is 13.7. The molecule has 0 rings (SSSR count). The van der Waals surface area contributed by atoms with Gasteiger partial charge in [-0.25, -0.2) is 9.18 Å². The van der Waals surface area contributed by atoms with Crippen LogP contribution in [0, 0.1) is 0 Å². The SMILES string of the molecule is C=CC(=O)OCCC(F)(F)C(F)(F)C(F)(F)C(F)(F)C(F)(F)C(F)(F)C(F)(F)C(F)(F)C(F)(C(F)(F)F)C(F)(F)F. The van der Waals surface area contributed by atoms with Gasteiger partial charge in [-0.15, -0.1) is 0 Å². The van der Waals surface area contributed by atoms with Gasteiger partial charge >= 0.3 is 71.4 Å². The van der Waals surface area contributed by atoms with E-state index in [0.29, 0.717) is 0 Å². The Kier molecular flexibility index (Phi) is 9.51. The highest BCUT2D eigenvalue weighted by molar-refractivity contribution is 5.81. The van der Waals surface area contributed by atoms with Crippen LogP contribution in [0.25, 0.3) is 0 Å². The lowest BCUT2D eigenvalue weighted by molar-refractivity contribution is -0.481. The topological polar surface area (TPSA) is 26.3 Å². The molecule has 0 spiro atoms. The van der Waals surface area contributed by atoms with Gasteiger partial charge in [-0.3, -0.25) is 0 Å². The molecule has 0 N–H and O–H groups in total. The monoisotopic (exact) mass is 668 g/mol. The standard InChI is InChI=1S/C16H7F23O2/c1-2-5(40)41-4-3-6(17,18)8(20,21)10(24,25)12(28,29)14(32,33)13(30,31)11(26,27)9(22,23)7(19,15(34,35)36)16(37,38)39/h2H,1,3-4H2. The average Bonchev–Trinajstić information content (AvgIpc) is 2.75. The summed E-state index contributed by atoms with van der Waals surface area (Å²) in [5, 5.41) is 0. The van der Waals surface area contributed by atoms with E-state index in [0.717, 1.165) is 0 Å². The van der Waals surface area contributed by atoms with Crippen LogP contribution in [0.4, 0.5) is 101 Å². The van der Waals surface area contributed by atoms with Gasteiger partial charge in [0.1, 0.15) is 0 Å². The summed E-state index contributed by atoms with van der Waals surface area (Å²) < 4.78 is 309. The van der Waals surface area contributed by atoms with Crippen molar-refractivity contribution in [1.29, 1.82) is 0 Å². The summed E-state index contributed by atoms with van der Waals surface area (Å²) in [5.74, 6) is -72.7. The van der Waals surface area contributed by atoms with Crippen LogP contribution < -0.4 is 0 Å². The quantitative estimate of drug-likeness (QED) is 0.120. The maximum Gasteiger partial charge on any atom is 0.438 e. The van der Waals surface area contributed by atoms with Crippen molar-refractivity contribution < 1.29 is 111 Å². The van der Waals surface area contributed by atoms with Crippen LogP contribution in [0.1, 0.15) is 6.42 Å². The zero-order valence-corrected chi connectivity index (χ0v) is 18.2. The number of hydrogen-bond acceptors (Lipinski definition) is 2. The molecule has 0 fully saturated rings. The first kappa shape index (κ1) is 38.6. The van der Waals surface area contributed by atoms with Crippen LogP contribution in [0.3, 0.4) is 0 Å². The number of hydrogen-bond donors (Lipinski definition) is 0. The van der Waals surface area contributed by atoms with E-state index in [2.05, 4.69) is 11.3 Å². The molecule has 0 radical (unpaired) electrons. The third-order valence-corrected chi connectivity index (χ3v) is 4.87. The molecule has 0 saturated heterocycles. The Morgan fingerprint density at radius 1 is 0.488 bits per heavy atom. The largest absolute Gasteiger partial charge is 0.462 e. The Bertz CT molecular complexity index is 957. The van der Waals surface area contributed by atoms with E-state index in [1.807, 2.05) is 0 Å². The van der Waals surface area contributed by atoms with E-state index >= 15 is 0 Å². The van der Waals surface area contributed by atoms with Crippen molar-refractivity contribution in [3.8, 4) is 0 Å². The molecule has 0 aromatic rings. The zero-order valence-electron chi connectivity index (χ0n) is 18.2. The number of esters is 1. The molecule has 0 amide bonds. The van der Waals surface area contributed by atoms with Gasteiger partial charge in [-0.2, -0.15) is 96.6 Å².